The van der Waals surface area contributed by atoms with Crippen molar-refractivity contribution in [3.05, 3.63) is 4.91 Å². The molecule has 0 aromatic carbocycles. The van der Waals surface area contributed by atoms with Gasteiger partial charge in [0.1, 0.15) is 0 Å². The first kappa shape index (κ1) is 7.40. The maximum Gasteiger partial charge on any atom is 0.623 e. The third kappa shape index (κ3) is 5.40. The van der Waals surface area contributed by atoms with Crippen LogP contribution in [0.2, 0.25) is 0 Å². The molecule has 0 spiro atoms. The molecule has 0 aromatic rings. The molecule has 0 atom stereocenters. The fourth-order valence-electron chi connectivity index (χ4n) is 0.454. The summed E-state index contributed by atoms with van der Waals surface area (Å²) in [6, 6.07) is 0. The maximum atomic E-state index is 9.30. The first-order chi connectivity index (χ1) is 3.91. The summed E-state index contributed by atoms with van der Waals surface area (Å²) in [6.07, 6.45) is 3.18. The van der Waals surface area contributed by atoms with E-state index in [4.69, 9.17) is 0 Å². The number of hydrogen-bond donors (Lipinski definition) is 0. The molecule has 0 aliphatic rings. The zero-order chi connectivity index (χ0) is 6.24. The van der Waals surface area contributed by atoms with Gasteiger partial charge in [-0.2, -0.15) is 4.84 Å². The van der Waals surface area contributed by atoms with Crippen LogP contribution in [0.1, 0.15) is 26.2 Å². The number of hydrogen-bond acceptors (Lipinski definition) is 3. The van der Waals surface area contributed by atoms with Gasteiger partial charge >= 0.3 is 5.34 Å². The summed E-state index contributed by atoms with van der Waals surface area (Å²) in [5, 5.41) is 2.26. The third-order valence-corrected chi connectivity index (χ3v) is 0.892. The van der Waals surface area contributed by atoms with E-state index >= 15 is 0 Å². The van der Waals surface area contributed by atoms with Gasteiger partial charge in [0.05, 0.1) is 0 Å². The molecule has 0 aliphatic heterocycles. The van der Waals surface area contributed by atoms with Crippen molar-refractivity contribution < 1.29 is 4.84 Å². The normalized spacial score (nSPS) is 8.62. The summed E-state index contributed by atoms with van der Waals surface area (Å²) in [4.78, 5) is 13.5. The second-order valence-corrected chi connectivity index (χ2v) is 1.61. The molecular formula is C5H11NO2+. The van der Waals surface area contributed by atoms with Crippen molar-refractivity contribution in [2.75, 3.05) is 6.61 Å². The minimum Gasteiger partial charge on any atom is -0.165 e. The summed E-state index contributed by atoms with van der Waals surface area (Å²) in [5.74, 6) is 0. The Kier molecular flexibility index (Phi) is 5.92. The molecule has 0 N–H and O–H groups in total. The van der Waals surface area contributed by atoms with E-state index in [2.05, 4.69) is 17.1 Å². The Bertz CT molecular complexity index is 56.4. The molecular weight excluding hydrogens is 106 g/mol. The molecule has 0 amide bonds. The Hall–Kier alpha value is -0.600. The molecule has 0 fully saturated rings. The smallest absolute Gasteiger partial charge is 0.165 e. The molecule has 0 aromatic heterocycles. The van der Waals surface area contributed by atoms with Crippen LogP contribution in [0.3, 0.4) is 0 Å². The Morgan fingerprint density at radius 2 is 2.25 bits per heavy atom. The van der Waals surface area contributed by atoms with E-state index in [9.17, 15) is 4.91 Å². The number of nitrogens with zero attached hydrogens (tertiary/aromatic N) is 1. The van der Waals surface area contributed by atoms with Gasteiger partial charge in [-0.3, -0.25) is 0 Å². The van der Waals surface area contributed by atoms with Gasteiger partial charge in [-0.1, -0.05) is 19.8 Å². The van der Waals surface area contributed by atoms with Crippen molar-refractivity contribution in [1.82, 2.24) is 5.34 Å². The standard InChI is InChI=1S/C5H11NO2/c1-2-3-4-5-8-6-7/h2-5H2,1H3/q+1. The van der Waals surface area contributed by atoms with E-state index in [-0.39, 0.29) is 0 Å². The van der Waals surface area contributed by atoms with Crippen LogP contribution in [0, 0.1) is 4.91 Å². The van der Waals surface area contributed by atoms with Crippen molar-refractivity contribution in [2.45, 2.75) is 26.2 Å². The molecule has 0 bridgehead atoms. The van der Waals surface area contributed by atoms with Gasteiger partial charge in [-0.25, -0.2) is 0 Å². The topological polar surface area (TPSA) is 40.4 Å². The van der Waals surface area contributed by atoms with Crippen LogP contribution >= 0.6 is 0 Å². The molecule has 47 valence electrons. The zero-order valence-corrected chi connectivity index (χ0v) is 5.09. The van der Waals surface area contributed by atoms with Crippen LogP contribution in [0.4, 0.5) is 0 Å². The molecule has 0 heterocycles. The van der Waals surface area contributed by atoms with Gasteiger partial charge in [0, 0.05) is 0 Å². The van der Waals surface area contributed by atoms with Crippen molar-refractivity contribution in [3.63, 3.8) is 0 Å². The number of rotatable bonds is 5. The Balaban J connectivity index is 2.62. The van der Waals surface area contributed by atoms with Crippen LogP contribution in [0.5, 0.6) is 0 Å². The quantitative estimate of drug-likeness (QED) is 0.401. The lowest BCUT2D eigenvalue weighted by Crippen LogP contribution is -1.92. The molecule has 1 radical (unpaired) electrons. The summed E-state index contributed by atoms with van der Waals surface area (Å²) in [6.45, 7) is 2.56. The van der Waals surface area contributed by atoms with Gasteiger partial charge in [0.25, 0.3) is 0 Å². The first-order valence-electron chi connectivity index (χ1n) is 2.86. The summed E-state index contributed by atoms with van der Waals surface area (Å²) in [5.41, 5.74) is 0. The van der Waals surface area contributed by atoms with E-state index in [1.807, 2.05) is 0 Å². The fraction of sp³-hybridized carbons (Fsp3) is 1.00. The predicted molar refractivity (Wildman–Crippen MR) is 31.0 cm³/mol. The molecule has 0 rings (SSSR count). The molecule has 3 nitrogen and oxygen atoms in total. The van der Waals surface area contributed by atoms with Crippen LogP contribution in [0.25, 0.3) is 0 Å². The van der Waals surface area contributed by atoms with Crippen LogP contribution in [0.15, 0.2) is 0 Å². The van der Waals surface area contributed by atoms with Gasteiger partial charge in [0.2, 0.25) is 0 Å². The average molecular weight is 117 g/mol. The second-order valence-electron chi connectivity index (χ2n) is 1.61. The molecule has 0 saturated heterocycles. The van der Waals surface area contributed by atoms with Crippen LogP contribution in [-0.4, -0.2) is 6.61 Å². The molecule has 0 aliphatic carbocycles. The Labute approximate surface area is 49.0 Å². The highest BCUT2D eigenvalue weighted by molar-refractivity contribution is 4.32. The van der Waals surface area contributed by atoms with Crippen molar-refractivity contribution in [3.8, 4) is 0 Å². The molecule has 0 unspecified atom stereocenters. The van der Waals surface area contributed by atoms with E-state index in [0.717, 1.165) is 19.3 Å². The van der Waals surface area contributed by atoms with Crippen LogP contribution in [-0.2, 0) is 4.84 Å². The first-order valence-corrected chi connectivity index (χ1v) is 2.86. The SMILES string of the molecule is CCCCCO[N+]=O. The lowest BCUT2D eigenvalue weighted by atomic mass is 10.3. The lowest BCUT2D eigenvalue weighted by Gasteiger charge is -1.85. The average Bonchev–Trinajstić information content (AvgIpc) is 1.81. The van der Waals surface area contributed by atoms with E-state index in [1.165, 1.54) is 0 Å². The van der Waals surface area contributed by atoms with E-state index in [1.54, 1.807) is 0 Å². The Morgan fingerprint density at radius 1 is 1.50 bits per heavy atom. The summed E-state index contributed by atoms with van der Waals surface area (Å²) < 4.78 is 0. The maximum absolute atomic E-state index is 9.30. The van der Waals surface area contributed by atoms with Crippen LogP contribution < -0.4 is 5.34 Å². The molecule has 0 saturated carbocycles. The molecule has 3 heteroatoms. The number of unbranched alkanes of at least 4 members (excludes halogenated alkanes) is 2. The zero-order valence-electron chi connectivity index (χ0n) is 5.09. The lowest BCUT2D eigenvalue weighted by molar-refractivity contribution is 0.0891. The highest BCUT2D eigenvalue weighted by Gasteiger charge is 1.93. The Morgan fingerprint density at radius 3 is 2.75 bits per heavy atom. The van der Waals surface area contributed by atoms with Gasteiger partial charge in [-0.05, 0) is 6.42 Å². The van der Waals surface area contributed by atoms with E-state index in [0.29, 0.717) is 6.61 Å². The molecule has 8 heavy (non-hydrogen) atoms. The van der Waals surface area contributed by atoms with Crippen molar-refractivity contribution in [1.29, 1.82) is 0 Å². The summed E-state index contributed by atoms with van der Waals surface area (Å²) in [7, 11) is 0. The highest BCUT2D eigenvalue weighted by Crippen LogP contribution is 1.91. The minimum atomic E-state index is 0.470. The second kappa shape index (κ2) is 6.40. The van der Waals surface area contributed by atoms with Gasteiger partial charge < -0.3 is 0 Å². The van der Waals surface area contributed by atoms with E-state index < -0.39 is 0 Å². The minimum absolute atomic E-state index is 0.470. The van der Waals surface area contributed by atoms with Gasteiger partial charge in [-0.15, -0.1) is 0 Å². The van der Waals surface area contributed by atoms with Crippen molar-refractivity contribution in [2.24, 2.45) is 0 Å². The summed E-state index contributed by atoms with van der Waals surface area (Å²) >= 11 is 0. The van der Waals surface area contributed by atoms with Crippen molar-refractivity contribution >= 4 is 0 Å². The third-order valence-electron chi connectivity index (χ3n) is 0.892. The van der Waals surface area contributed by atoms with Gasteiger partial charge in [0.15, 0.2) is 11.5 Å². The predicted octanol–water partition coefficient (Wildman–Crippen LogP) is 1.21. The largest absolute Gasteiger partial charge is 0.623 e. The highest BCUT2D eigenvalue weighted by atomic mass is 16.7. The monoisotopic (exact) mass is 117 g/mol. The fourth-order valence-corrected chi connectivity index (χ4v) is 0.454.